The monoisotopic (exact) mass is 510 g/mol. The Balaban J connectivity index is 1.40. The molecule has 1 aliphatic carbocycles. The van der Waals surface area contributed by atoms with Gasteiger partial charge in [0, 0.05) is 41.1 Å². The van der Waals surface area contributed by atoms with Gasteiger partial charge < -0.3 is 20.7 Å². The van der Waals surface area contributed by atoms with E-state index in [1.54, 1.807) is 42.8 Å². The van der Waals surface area contributed by atoms with Gasteiger partial charge >= 0.3 is 0 Å². The van der Waals surface area contributed by atoms with Crippen molar-refractivity contribution in [3.05, 3.63) is 83.6 Å². The van der Waals surface area contributed by atoms with E-state index in [4.69, 9.17) is 10.7 Å². The molecule has 1 saturated carbocycles. The summed E-state index contributed by atoms with van der Waals surface area (Å²) in [5, 5.41) is 15.2. The molecule has 0 aliphatic heterocycles. The number of fused-ring (bicyclic) bond motifs is 2. The van der Waals surface area contributed by atoms with Crippen LogP contribution in [0.1, 0.15) is 32.4 Å². The van der Waals surface area contributed by atoms with Crippen LogP contribution in [0.25, 0.3) is 27.8 Å². The van der Waals surface area contributed by atoms with Crippen molar-refractivity contribution in [3.8, 4) is 5.82 Å². The molecule has 0 unspecified atom stereocenters. The van der Waals surface area contributed by atoms with Gasteiger partial charge in [0.1, 0.15) is 11.0 Å². The van der Waals surface area contributed by atoms with Crippen molar-refractivity contribution in [1.29, 1.82) is 0 Å². The summed E-state index contributed by atoms with van der Waals surface area (Å²) in [6.45, 7) is 8.19. The number of benzene rings is 1. The Bertz CT molecular complexity index is 1750. The quantitative estimate of drug-likeness (QED) is 0.272. The predicted molar refractivity (Wildman–Crippen MR) is 148 cm³/mol. The minimum absolute atomic E-state index is 0.0782. The number of hydrogen-bond acceptors (Lipinski definition) is 7. The van der Waals surface area contributed by atoms with Crippen molar-refractivity contribution in [2.45, 2.75) is 50.9 Å². The van der Waals surface area contributed by atoms with Crippen LogP contribution in [0.3, 0.4) is 0 Å². The Kier molecular flexibility index (Phi) is 5.48. The van der Waals surface area contributed by atoms with Gasteiger partial charge in [-0.1, -0.05) is 12.1 Å². The van der Waals surface area contributed by atoms with Crippen LogP contribution in [-0.4, -0.2) is 39.5 Å². The third-order valence-corrected chi connectivity index (χ3v) is 6.96. The van der Waals surface area contributed by atoms with Crippen LogP contribution in [-0.2, 0) is 18.7 Å². The van der Waals surface area contributed by atoms with Crippen molar-refractivity contribution in [2.75, 3.05) is 5.32 Å². The largest absolute Gasteiger partial charge is 0.384 e. The summed E-state index contributed by atoms with van der Waals surface area (Å²) < 4.78 is 5.35. The fourth-order valence-corrected chi connectivity index (χ4v) is 4.69. The van der Waals surface area contributed by atoms with E-state index in [0.29, 0.717) is 28.5 Å². The molecule has 4 aromatic heterocycles. The summed E-state index contributed by atoms with van der Waals surface area (Å²) in [6.07, 6.45) is 7.35. The zero-order chi connectivity index (χ0) is 26.7. The van der Waals surface area contributed by atoms with Gasteiger partial charge in [-0.15, -0.1) is 6.58 Å². The molecule has 0 amide bonds. The lowest BCUT2D eigenvalue weighted by Crippen LogP contribution is -2.27. The first-order valence-corrected chi connectivity index (χ1v) is 12.6. The topological polar surface area (TPSA) is 129 Å². The maximum atomic E-state index is 13.2. The van der Waals surface area contributed by atoms with Crippen LogP contribution in [0.5, 0.6) is 0 Å². The minimum atomic E-state index is -1.15. The van der Waals surface area contributed by atoms with Crippen molar-refractivity contribution >= 4 is 33.6 Å². The Labute approximate surface area is 219 Å². The van der Waals surface area contributed by atoms with Crippen molar-refractivity contribution in [1.82, 2.24) is 28.9 Å². The summed E-state index contributed by atoms with van der Waals surface area (Å²) in [6, 6.07) is 13.5. The Morgan fingerprint density at radius 2 is 2.03 bits per heavy atom. The summed E-state index contributed by atoms with van der Waals surface area (Å²) >= 11 is 0. The molecule has 1 fully saturated rings. The van der Waals surface area contributed by atoms with Crippen LogP contribution in [0.2, 0.25) is 0 Å². The first-order chi connectivity index (χ1) is 18.1. The average Bonchev–Trinajstić information content (AvgIpc) is 3.39. The highest BCUT2D eigenvalue weighted by Crippen LogP contribution is 2.35. The molecule has 6 rings (SSSR count). The maximum absolute atomic E-state index is 13.2. The highest BCUT2D eigenvalue weighted by atomic mass is 16.3. The smallest absolute Gasteiger partial charge is 0.278 e. The van der Waals surface area contributed by atoms with E-state index in [9.17, 15) is 9.90 Å². The highest BCUT2D eigenvalue weighted by molar-refractivity contribution is 5.85. The van der Waals surface area contributed by atoms with Crippen molar-refractivity contribution in [3.63, 3.8) is 0 Å². The van der Waals surface area contributed by atoms with E-state index in [-0.39, 0.29) is 17.6 Å². The molecule has 0 spiro atoms. The Morgan fingerprint density at radius 1 is 1.21 bits per heavy atom. The number of nitrogens with two attached hydrogens (primary N) is 1. The molecule has 4 heterocycles. The zero-order valence-corrected chi connectivity index (χ0v) is 21.4. The number of rotatable bonds is 8. The summed E-state index contributed by atoms with van der Waals surface area (Å²) in [5.41, 5.74) is 7.67. The average molecular weight is 511 g/mol. The van der Waals surface area contributed by atoms with E-state index in [0.717, 1.165) is 36.0 Å². The molecule has 4 N–H and O–H groups in total. The number of hydrogen-bond donors (Lipinski definition) is 3. The lowest BCUT2D eigenvalue weighted by Gasteiger charge is -2.18. The molecule has 5 aromatic rings. The van der Waals surface area contributed by atoms with E-state index in [2.05, 4.69) is 44.8 Å². The molecule has 38 heavy (non-hydrogen) atoms. The SMILES string of the molecule is C=CCn1c(=O)c2cnc(Nc3ccc4c(ccn4CC4(N)CC4)c3)nc2n1-c1cccc(C(C)(C)O)n1. The molecule has 194 valence electrons. The normalized spacial score (nSPS) is 14.7. The fraction of sp³-hybridized carbons (Fsp3) is 0.286. The predicted octanol–water partition coefficient (Wildman–Crippen LogP) is 3.58. The summed E-state index contributed by atoms with van der Waals surface area (Å²) in [7, 11) is 0. The van der Waals surface area contributed by atoms with Gasteiger partial charge in [0.2, 0.25) is 5.95 Å². The molecule has 0 radical (unpaired) electrons. The van der Waals surface area contributed by atoms with Gasteiger partial charge in [0.05, 0.1) is 12.2 Å². The van der Waals surface area contributed by atoms with Crippen molar-refractivity contribution < 1.29 is 5.11 Å². The van der Waals surface area contributed by atoms with Gasteiger partial charge in [-0.3, -0.25) is 4.79 Å². The second-order valence-corrected chi connectivity index (χ2v) is 10.6. The summed E-state index contributed by atoms with van der Waals surface area (Å²) in [4.78, 5) is 27.0. The third-order valence-electron chi connectivity index (χ3n) is 6.96. The second kappa shape index (κ2) is 8.64. The lowest BCUT2D eigenvalue weighted by molar-refractivity contribution is 0.0738. The summed E-state index contributed by atoms with van der Waals surface area (Å²) in [5.74, 6) is 0.803. The van der Waals surface area contributed by atoms with Crippen molar-refractivity contribution in [2.24, 2.45) is 5.73 Å². The number of nitrogens with zero attached hydrogens (tertiary/aromatic N) is 6. The van der Waals surface area contributed by atoms with Crippen LogP contribution >= 0.6 is 0 Å². The molecule has 10 nitrogen and oxygen atoms in total. The number of pyridine rings is 1. The van der Waals surface area contributed by atoms with Gasteiger partial charge in [0.15, 0.2) is 11.5 Å². The van der Waals surface area contributed by atoms with Crippen LogP contribution in [0, 0.1) is 0 Å². The van der Waals surface area contributed by atoms with E-state index < -0.39 is 5.60 Å². The van der Waals surface area contributed by atoms with Gasteiger partial charge in [0.25, 0.3) is 5.56 Å². The first-order valence-electron chi connectivity index (χ1n) is 12.6. The molecule has 0 saturated heterocycles. The maximum Gasteiger partial charge on any atom is 0.278 e. The van der Waals surface area contributed by atoms with Crippen LogP contribution < -0.4 is 16.6 Å². The Hall–Kier alpha value is -4.28. The molecule has 1 aliphatic rings. The number of aliphatic hydroxyl groups is 1. The fourth-order valence-electron chi connectivity index (χ4n) is 4.69. The first kappa shape index (κ1) is 24.1. The van der Waals surface area contributed by atoms with E-state index >= 15 is 0 Å². The minimum Gasteiger partial charge on any atom is -0.384 e. The highest BCUT2D eigenvalue weighted by Gasteiger charge is 2.38. The van der Waals surface area contributed by atoms with Gasteiger partial charge in [-0.05, 0) is 63.1 Å². The zero-order valence-electron chi connectivity index (χ0n) is 21.4. The third kappa shape index (κ3) is 4.27. The number of aromatic nitrogens is 6. The van der Waals surface area contributed by atoms with Gasteiger partial charge in [-0.25, -0.2) is 19.3 Å². The molecule has 1 aromatic carbocycles. The number of nitrogens with one attached hydrogen (secondary N) is 1. The molecule has 0 bridgehead atoms. The lowest BCUT2D eigenvalue weighted by atomic mass is 10.1. The van der Waals surface area contributed by atoms with Gasteiger partial charge in [-0.2, -0.15) is 4.98 Å². The second-order valence-electron chi connectivity index (χ2n) is 10.6. The van der Waals surface area contributed by atoms with Crippen LogP contribution in [0.15, 0.2) is 72.3 Å². The standard InChI is InChI=1S/C28H30N8O2/c1-4-13-35-25(37)20-16-30-26(33-24(20)36(35)23-7-5-6-22(32-23)27(2,3)38)31-19-8-9-21-18(15-19)10-14-34(21)17-28(29)11-12-28/h4-10,14-16,38H,1,11-13,17,29H2,2-3H3,(H,30,31,33). The molecule has 0 atom stereocenters. The van der Waals surface area contributed by atoms with Crippen LogP contribution in [0.4, 0.5) is 11.6 Å². The van der Waals surface area contributed by atoms with E-state index in [1.807, 2.05) is 12.1 Å². The molecule has 10 heteroatoms. The van der Waals surface area contributed by atoms with E-state index in [1.165, 1.54) is 10.9 Å². The molecular formula is C28H30N8O2. The Morgan fingerprint density at radius 3 is 2.76 bits per heavy atom. The number of allylic oxidation sites excluding steroid dienone is 1. The number of anilines is 2. The molecular weight excluding hydrogens is 480 g/mol.